The zero-order valence-electron chi connectivity index (χ0n) is 41.6. The van der Waals surface area contributed by atoms with Gasteiger partial charge in [0.15, 0.2) is 0 Å². The second-order valence-electron chi connectivity index (χ2n) is 20.7. The zero-order chi connectivity index (χ0) is 50.0. The van der Waals surface area contributed by atoms with Crippen LogP contribution in [0.4, 0.5) is 0 Å². The van der Waals surface area contributed by atoms with Crippen molar-refractivity contribution >= 4 is 43.6 Å². The molecule has 2 nitrogen and oxygen atoms in total. The summed E-state index contributed by atoms with van der Waals surface area (Å²) in [6.45, 7) is 0. The van der Waals surface area contributed by atoms with E-state index in [1.165, 1.54) is 122 Å². The molecule has 0 spiro atoms. The van der Waals surface area contributed by atoms with E-state index in [-0.39, 0.29) is 0 Å². The van der Waals surface area contributed by atoms with E-state index < -0.39 is 10.8 Å². The lowest BCUT2D eigenvalue weighted by molar-refractivity contribution is 0.767. The van der Waals surface area contributed by atoms with Crippen molar-refractivity contribution in [2.24, 2.45) is 0 Å². The Balaban J connectivity index is 0.853. The van der Waals surface area contributed by atoms with Crippen LogP contribution < -0.4 is 0 Å². The third-order valence-electron chi connectivity index (χ3n) is 17.1. The van der Waals surface area contributed by atoms with Crippen LogP contribution in [-0.2, 0) is 10.8 Å². The fourth-order valence-electron chi connectivity index (χ4n) is 14.0. The van der Waals surface area contributed by atoms with E-state index in [9.17, 15) is 0 Å². The molecule has 2 aliphatic carbocycles. The largest absolute Gasteiger partial charge is 0.309 e. The van der Waals surface area contributed by atoms with Crippen LogP contribution in [0, 0.1) is 0 Å². The Labute approximate surface area is 441 Å². The van der Waals surface area contributed by atoms with Crippen LogP contribution in [0.1, 0.15) is 44.5 Å². The van der Waals surface area contributed by atoms with E-state index in [0.29, 0.717) is 0 Å². The molecule has 76 heavy (non-hydrogen) atoms. The maximum atomic E-state index is 2.48. The summed E-state index contributed by atoms with van der Waals surface area (Å²) < 4.78 is 4.96. The second-order valence-corrected chi connectivity index (χ2v) is 20.7. The predicted octanol–water partition coefficient (Wildman–Crippen LogP) is 18.3. The highest BCUT2D eigenvalue weighted by Gasteiger charge is 2.47. The van der Waals surface area contributed by atoms with Crippen molar-refractivity contribution < 1.29 is 0 Å². The summed E-state index contributed by atoms with van der Waals surface area (Å²) in [5.41, 5.74) is 23.9. The molecule has 0 N–H and O–H groups in total. The highest BCUT2D eigenvalue weighted by Crippen LogP contribution is 2.58. The number of fused-ring (bicyclic) bond motifs is 12. The van der Waals surface area contributed by atoms with Gasteiger partial charge in [-0.05, 0) is 139 Å². The average Bonchev–Trinajstić information content (AvgIpc) is 4.29. The van der Waals surface area contributed by atoms with Crippen LogP contribution in [0.3, 0.4) is 0 Å². The number of hydrogen-bond acceptors (Lipinski definition) is 0. The van der Waals surface area contributed by atoms with Crippen molar-refractivity contribution in [3.8, 4) is 44.8 Å². The molecule has 0 saturated carbocycles. The number of nitrogens with zero attached hydrogens (tertiary/aromatic N) is 2. The Morgan fingerprint density at radius 3 is 0.921 bits per heavy atom. The lowest BCUT2D eigenvalue weighted by Gasteiger charge is -2.34. The van der Waals surface area contributed by atoms with Crippen LogP contribution in [0.25, 0.3) is 88.4 Å². The molecule has 0 saturated heterocycles. The molecule has 14 aromatic rings. The van der Waals surface area contributed by atoms with Crippen molar-refractivity contribution in [3.05, 3.63) is 336 Å². The number of hydrogen-bond donors (Lipinski definition) is 0. The number of aromatic nitrogens is 2. The zero-order valence-corrected chi connectivity index (χ0v) is 41.6. The van der Waals surface area contributed by atoms with Gasteiger partial charge in [-0.2, -0.15) is 0 Å². The Morgan fingerprint density at radius 1 is 0.211 bits per heavy atom. The molecule has 0 amide bonds. The summed E-state index contributed by atoms with van der Waals surface area (Å²) in [6.07, 6.45) is 0. The molecular formula is C74H48N2. The van der Waals surface area contributed by atoms with Gasteiger partial charge in [-0.3, -0.25) is 0 Å². The molecular weight excluding hydrogens is 917 g/mol. The monoisotopic (exact) mass is 964 g/mol. The van der Waals surface area contributed by atoms with Gasteiger partial charge in [-0.25, -0.2) is 0 Å². The molecule has 2 aromatic heterocycles. The van der Waals surface area contributed by atoms with Crippen LogP contribution in [-0.4, -0.2) is 9.13 Å². The minimum Gasteiger partial charge on any atom is -0.309 e. The molecule has 0 bridgehead atoms. The van der Waals surface area contributed by atoms with Crippen molar-refractivity contribution in [1.82, 2.24) is 9.13 Å². The minimum absolute atomic E-state index is 0.487. The highest BCUT2D eigenvalue weighted by molar-refractivity contribution is 6.13. The third-order valence-corrected chi connectivity index (χ3v) is 17.1. The molecule has 12 aromatic carbocycles. The van der Waals surface area contributed by atoms with Crippen molar-refractivity contribution in [2.75, 3.05) is 0 Å². The smallest absolute Gasteiger partial charge is 0.0714 e. The first kappa shape index (κ1) is 42.7. The van der Waals surface area contributed by atoms with Gasteiger partial charge >= 0.3 is 0 Å². The van der Waals surface area contributed by atoms with Crippen LogP contribution in [0.15, 0.2) is 291 Å². The molecule has 354 valence electrons. The fraction of sp³-hybridized carbons (Fsp3) is 0.0270. The highest BCUT2D eigenvalue weighted by atomic mass is 15.0. The molecule has 2 aliphatic rings. The van der Waals surface area contributed by atoms with Gasteiger partial charge in [-0.1, -0.05) is 231 Å². The first-order valence-corrected chi connectivity index (χ1v) is 26.5. The van der Waals surface area contributed by atoms with Gasteiger partial charge in [0, 0.05) is 32.9 Å². The first-order chi connectivity index (χ1) is 37.7. The van der Waals surface area contributed by atoms with Crippen LogP contribution in [0.5, 0.6) is 0 Å². The maximum absolute atomic E-state index is 2.48. The molecule has 16 rings (SSSR count). The molecule has 2 heteroatoms. The topological polar surface area (TPSA) is 9.86 Å². The van der Waals surface area contributed by atoms with E-state index in [1.807, 2.05) is 0 Å². The van der Waals surface area contributed by atoms with Gasteiger partial charge in [0.1, 0.15) is 0 Å². The SMILES string of the molecule is c1ccc(C2(c3ccccc3)c3ccccc3-c3ccc(-n4c5ccccc5c5cc(-c6ccc7c(c6)c6ccccc6n7-c6ccc7c(c6)C(c6ccccc6)(c6ccccc6)c6ccccc6-7)ccc54)cc32)cc1. The molecule has 2 heterocycles. The van der Waals surface area contributed by atoms with Crippen LogP contribution >= 0.6 is 0 Å². The Hall–Kier alpha value is -9.76. The summed E-state index contributed by atoms with van der Waals surface area (Å²) in [7, 11) is 0. The molecule has 0 unspecified atom stereocenters. The lowest BCUT2D eigenvalue weighted by Crippen LogP contribution is -2.28. The van der Waals surface area contributed by atoms with Gasteiger partial charge in [0.25, 0.3) is 0 Å². The summed E-state index contributed by atoms with van der Waals surface area (Å²) >= 11 is 0. The van der Waals surface area contributed by atoms with Crippen LogP contribution in [0.2, 0.25) is 0 Å². The maximum Gasteiger partial charge on any atom is 0.0714 e. The van der Waals surface area contributed by atoms with Crippen molar-refractivity contribution in [2.45, 2.75) is 10.8 Å². The number of rotatable bonds is 7. The summed E-state index contributed by atoms with van der Waals surface area (Å²) in [4.78, 5) is 0. The van der Waals surface area contributed by atoms with Crippen molar-refractivity contribution in [3.63, 3.8) is 0 Å². The van der Waals surface area contributed by atoms with E-state index in [4.69, 9.17) is 0 Å². The normalized spacial score (nSPS) is 13.7. The van der Waals surface area contributed by atoms with E-state index in [0.717, 1.165) is 11.4 Å². The van der Waals surface area contributed by atoms with Gasteiger partial charge in [0.2, 0.25) is 0 Å². The quantitative estimate of drug-likeness (QED) is 0.151. The number of benzene rings is 12. The van der Waals surface area contributed by atoms with E-state index in [2.05, 4.69) is 300 Å². The van der Waals surface area contributed by atoms with Gasteiger partial charge in [-0.15, -0.1) is 0 Å². The van der Waals surface area contributed by atoms with E-state index in [1.54, 1.807) is 0 Å². The Morgan fingerprint density at radius 2 is 0.526 bits per heavy atom. The van der Waals surface area contributed by atoms with E-state index >= 15 is 0 Å². The second kappa shape index (κ2) is 16.4. The Bertz CT molecular complexity index is 4240. The molecule has 0 fully saturated rings. The number of para-hydroxylation sites is 2. The van der Waals surface area contributed by atoms with Gasteiger partial charge in [0.05, 0.1) is 32.9 Å². The summed E-state index contributed by atoms with van der Waals surface area (Å²) in [5, 5.41) is 4.94. The first-order valence-electron chi connectivity index (χ1n) is 26.5. The fourth-order valence-corrected chi connectivity index (χ4v) is 14.0. The minimum atomic E-state index is -0.487. The summed E-state index contributed by atoms with van der Waals surface area (Å²) in [6, 6.07) is 109. The lowest BCUT2D eigenvalue weighted by atomic mass is 9.67. The average molecular weight is 965 g/mol. The molecule has 0 radical (unpaired) electrons. The standard InChI is InChI=1S/C74H48N2/c1-5-21-51(22-6-1)73(52-23-7-2-8-24-52)65-33-17-13-29-57(65)59-41-39-55(47-67(59)73)75-69-35-19-15-31-61(69)63-45-49(37-43-71(63)75)50-38-44-72-64(46-50)62-32-16-20-36-70(62)76(72)56-40-42-60-58-30-14-18-34-66(58)74(68(60)48-56,53-25-9-3-10-26-53)54-27-11-4-12-28-54/h1-48H. The van der Waals surface area contributed by atoms with Gasteiger partial charge < -0.3 is 9.13 Å². The van der Waals surface area contributed by atoms with Crippen molar-refractivity contribution in [1.29, 1.82) is 0 Å². The predicted molar refractivity (Wildman–Crippen MR) is 315 cm³/mol. The molecule has 0 aliphatic heterocycles. The molecule has 0 atom stereocenters. The summed E-state index contributed by atoms with van der Waals surface area (Å²) in [5.74, 6) is 0. The third kappa shape index (κ3) is 5.81. The Kier molecular flexibility index (Phi) is 9.20.